The molecule has 0 aliphatic rings. The summed E-state index contributed by atoms with van der Waals surface area (Å²) in [5.74, 6) is -1.22. The summed E-state index contributed by atoms with van der Waals surface area (Å²) in [7, 11) is 0. The van der Waals surface area contributed by atoms with Gasteiger partial charge in [0.15, 0.2) is 0 Å². The van der Waals surface area contributed by atoms with Crippen LogP contribution < -0.4 is 11.1 Å². The molecule has 2 aromatic rings. The van der Waals surface area contributed by atoms with Gasteiger partial charge in [0.05, 0.1) is 16.9 Å². The maximum atomic E-state index is 13.5. The van der Waals surface area contributed by atoms with Crippen LogP contribution in [0.25, 0.3) is 0 Å². The zero-order valence-electron chi connectivity index (χ0n) is 10.2. The molecule has 0 heterocycles. The first kappa shape index (κ1) is 13.4. The summed E-state index contributed by atoms with van der Waals surface area (Å²) < 4.78 is 13.5. The number of rotatable bonds is 2. The number of carbonyl (C=O) groups is 1. The van der Waals surface area contributed by atoms with E-state index in [1.165, 1.54) is 12.1 Å². The topological polar surface area (TPSA) is 55.1 Å². The maximum Gasteiger partial charge on any atom is 0.258 e. The quantitative estimate of drug-likeness (QED) is 0.824. The lowest BCUT2D eigenvalue weighted by Gasteiger charge is -2.09. The molecule has 0 saturated heterocycles. The summed E-state index contributed by atoms with van der Waals surface area (Å²) in [6.07, 6.45) is 0. The van der Waals surface area contributed by atoms with Gasteiger partial charge in [-0.2, -0.15) is 0 Å². The van der Waals surface area contributed by atoms with Crippen LogP contribution >= 0.6 is 11.6 Å². The third-order valence-electron chi connectivity index (χ3n) is 2.63. The van der Waals surface area contributed by atoms with Gasteiger partial charge in [0.1, 0.15) is 5.82 Å². The maximum absolute atomic E-state index is 13.5. The molecular weight excluding hydrogens is 267 g/mol. The molecule has 0 aromatic heterocycles. The first-order valence-corrected chi connectivity index (χ1v) is 5.97. The molecule has 3 nitrogen and oxygen atoms in total. The molecule has 2 aromatic carbocycles. The van der Waals surface area contributed by atoms with Crippen LogP contribution in [0.2, 0.25) is 5.02 Å². The van der Waals surface area contributed by atoms with E-state index in [0.717, 1.165) is 11.6 Å². The minimum atomic E-state index is -0.632. The number of amides is 1. The lowest BCUT2D eigenvalue weighted by atomic mass is 10.1. The fourth-order valence-electron chi connectivity index (χ4n) is 1.66. The Hall–Kier alpha value is -2.07. The number of nitrogens with one attached hydrogen (secondary N) is 1. The van der Waals surface area contributed by atoms with Crippen molar-refractivity contribution in [2.45, 2.75) is 6.92 Å². The molecule has 1 amide bonds. The van der Waals surface area contributed by atoms with Crippen molar-refractivity contribution in [3.8, 4) is 0 Å². The number of benzene rings is 2. The fraction of sp³-hybridized carbons (Fsp3) is 0.0714. The molecule has 0 unspecified atom stereocenters. The fourth-order valence-corrected chi connectivity index (χ4v) is 1.83. The van der Waals surface area contributed by atoms with Crippen LogP contribution in [0.1, 0.15) is 15.9 Å². The van der Waals surface area contributed by atoms with Crippen LogP contribution in [0.15, 0.2) is 36.4 Å². The van der Waals surface area contributed by atoms with Crippen molar-refractivity contribution >= 4 is 28.9 Å². The van der Waals surface area contributed by atoms with Crippen LogP contribution in [0.4, 0.5) is 15.8 Å². The van der Waals surface area contributed by atoms with E-state index in [4.69, 9.17) is 17.3 Å². The molecule has 0 radical (unpaired) electrons. The smallest absolute Gasteiger partial charge is 0.258 e. The van der Waals surface area contributed by atoms with Gasteiger partial charge in [0, 0.05) is 5.02 Å². The van der Waals surface area contributed by atoms with Gasteiger partial charge in [-0.3, -0.25) is 4.79 Å². The van der Waals surface area contributed by atoms with E-state index in [2.05, 4.69) is 5.32 Å². The summed E-state index contributed by atoms with van der Waals surface area (Å²) in [6.45, 7) is 1.89. The molecule has 2 rings (SSSR count). The third kappa shape index (κ3) is 3.03. The highest BCUT2D eigenvalue weighted by Crippen LogP contribution is 2.21. The molecule has 0 atom stereocenters. The van der Waals surface area contributed by atoms with E-state index < -0.39 is 11.7 Å². The number of halogens is 2. The molecule has 0 aliphatic carbocycles. The van der Waals surface area contributed by atoms with Crippen molar-refractivity contribution in [1.82, 2.24) is 0 Å². The molecule has 0 spiro atoms. The van der Waals surface area contributed by atoms with Crippen molar-refractivity contribution < 1.29 is 9.18 Å². The summed E-state index contributed by atoms with van der Waals surface area (Å²) in [6, 6.07) is 9.01. The van der Waals surface area contributed by atoms with E-state index >= 15 is 0 Å². The van der Waals surface area contributed by atoms with Crippen LogP contribution in [0.5, 0.6) is 0 Å². The Bertz CT molecular complexity index is 643. The third-order valence-corrected chi connectivity index (χ3v) is 2.86. The zero-order chi connectivity index (χ0) is 14.0. The monoisotopic (exact) mass is 278 g/mol. The second-order valence-electron chi connectivity index (χ2n) is 4.17. The highest BCUT2D eigenvalue weighted by Gasteiger charge is 2.13. The number of aryl methyl sites for hydroxylation is 1. The molecule has 0 bridgehead atoms. The Morgan fingerprint density at radius 1 is 1.26 bits per heavy atom. The molecule has 0 saturated carbocycles. The minimum absolute atomic E-state index is 0.118. The van der Waals surface area contributed by atoms with Gasteiger partial charge in [0.25, 0.3) is 5.91 Å². The first-order valence-electron chi connectivity index (χ1n) is 5.60. The molecule has 19 heavy (non-hydrogen) atoms. The molecule has 5 heteroatoms. The van der Waals surface area contributed by atoms with Crippen molar-refractivity contribution in [2.24, 2.45) is 0 Å². The van der Waals surface area contributed by atoms with Crippen LogP contribution in [0.3, 0.4) is 0 Å². The summed E-state index contributed by atoms with van der Waals surface area (Å²) >= 11 is 5.74. The average Bonchev–Trinajstić information content (AvgIpc) is 2.35. The number of carbonyl (C=O) groups excluding carboxylic acids is 1. The van der Waals surface area contributed by atoms with Gasteiger partial charge < -0.3 is 11.1 Å². The van der Waals surface area contributed by atoms with Crippen molar-refractivity contribution in [2.75, 3.05) is 11.1 Å². The van der Waals surface area contributed by atoms with Crippen LogP contribution in [-0.4, -0.2) is 5.91 Å². The second-order valence-corrected chi connectivity index (χ2v) is 4.61. The predicted octanol–water partition coefficient (Wildman–Crippen LogP) is 3.62. The normalized spacial score (nSPS) is 10.3. The SMILES string of the molecule is Cc1ccc(NC(=O)c2cc(Cl)ccc2F)c(N)c1. The van der Waals surface area contributed by atoms with Crippen molar-refractivity contribution in [3.63, 3.8) is 0 Å². The van der Waals surface area contributed by atoms with Crippen LogP contribution in [0, 0.1) is 12.7 Å². The van der Waals surface area contributed by atoms with Crippen molar-refractivity contribution in [3.05, 3.63) is 58.4 Å². The van der Waals surface area contributed by atoms with E-state index in [0.29, 0.717) is 16.4 Å². The van der Waals surface area contributed by atoms with E-state index in [9.17, 15) is 9.18 Å². The summed E-state index contributed by atoms with van der Waals surface area (Å²) in [5, 5.41) is 2.85. The standard InChI is InChI=1S/C14H12ClFN2O/c1-8-2-5-13(12(17)6-8)18-14(19)10-7-9(15)3-4-11(10)16/h2-7H,17H2,1H3,(H,18,19). The van der Waals surface area contributed by atoms with Gasteiger partial charge in [-0.1, -0.05) is 17.7 Å². The first-order chi connectivity index (χ1) is 8.97. The lowest BCUT2D eigenvalue weighted by molar-refractivity contribution is 0.102. The minimum Gasteiger partial charge on any atom is -0.397 e. The predicted molar refractivity (Wildman–Crippen MR) is 75.0 cm³/mol. The Morgan fingerprint density at radius 3 is 2.68 bits per heavy atom. The van der Waals surface area contributed by atoms with Gasteiger partial charge in [-0.25, -0.2) is 4.39 Å². The van der Waals surface area contributed by atoms with E-state index in [-0.39, 0.29) is 5.56 Å². The van der Waals surface area contributed by atoms with E-state index in [1.54, 1.807) is 18.2 Å². The average molecular weight is 279 g/mol. The largest absolute Gasteiger partial charge is 0.397 e. The number of nitrogens with two attached hydrogens (primary N) is 1. The van der Waals surface area contributed by atoms with E-state index in [1.807, 2.05) is 6.92 Å². The Morgan fingerprint density at radius 2 is 2.00 bits per heavy atom. The van der Waals surface area contributed by atoms with Gasteiger partial charge in [-0.15, -0.1) is 0 Å². The Kier molecular flexibility index (Phi) is 3.71. The number of anilines is 2. The molecule has 0 fully saturated rings. The summed E-state index contributed by atoms with van der Waals surface area (Å²) in [5.41, 5.74) is 7.51. The lowest BCUT2D eigenvalue weighted by Crippen LogP contribution is -2.15. The molecule has 3 N–H and O–H groups in total. The van der Waals surface area contributed by atoms with Crippen LogP contribution in [-0.2, 0) is 0 Å². The van der Waals surface area contributed by atoms with Crippen molar-refractivity contribution in [1.29, 1.82) is 0 Å². The number of hydrogen-bond donors (Lipinski definition) is 2. The number of nitrogen functional groups attached to an aromatic ring is 1. The van der Waals surface area contributed by atoms with Gasteiger partial charge >= 0.3 is 0 Å². The van der Waals surface area contributed by atoms with Gasteiger partial charge in [-0.05, 0) is 42.8 Å². The van der Waals surface area contributed by atoms with Gasteiger partial charge in [0.2, 0.25) is 0 Å². The Balaban J connectivity index is 2.28. The highest BCUT2D eigenvalue weighted by molar-refractivity contribution is 6.31. The number of hydrogen-bond acceptors (Lipinski definition) is 2. The second kappa shape index (κ2) is 5.28. The summed E-state index contributed by atoms with van der Waals surface area (Å²) in [4.78, 5) is 12.0. The highest BCUT2D eigenvalue weighted by atomic mass is 35.5. The molecule has 0 aliphatic heterocycles. The molecule has 98 valence electrons. The zero-order valence-corrected chi connectivity index (χ0v) is 11.0. The Labute approximate surface area is 115 Å². The molecular formula is C14H12ClFN2O.